The SMILES string of the molecule is CCOc1cc(Oc2ccc(C(F)(F)F)cc2Cl)ccc1/[N+]([O-])=C/C#N. The van der Waals surface area contributed by atoms with Crippen molar-refractivity contribution in [2.24, 2.45) is 0 Å². The number of hydrogen-bond acceptors (Lipinski definition) is 4. The van der Waals surface area contributed by atoms with Crippen LogP contribution in [0.15, 0.2) is 36.4 Å². The second-order valence-electron chi connectivity index (χ2n) is 4.89. The summed E-state index contributed by atoms with van der Waals surface area (Å²) in [6.45, 7) is 1.95. The van der Waals surface area contributed by atoms with E-state index in [-0.39, 0.29) is 34.6 Å². The molecule has 0 heterocycles. The van der Waals surface area contributed by atoms with Crippen LogP contribution in [0, 0.1) is 16.5 Å². The molecule has 0 radical (unpaired) electrons. The molecule has 0 aliphatic rings. The zero-order chi connectivity index (χ0) is 19.3. The number of benzene rings is 2. The average molecular weight is 385 g/mol. The third-order valence-electron chi connectivity index (χ3n) is 3.13. The summed E-state index contributed by atoms with van der Waals surface area (Å²) < 4.78 is 49.2. The molecule has 5 nitrogen and oxygen atoms in total. The maximum Gasteiger partial charge on any atom is 0.416 e. The predicted molar refractivity (Wildman–Crippen MR) is 89.1 cm³/mol. The van der Waals surface area contributed by atoms with Crippen LogP contribution in [0.2, 0.25) is 5.02 Å². The molecular weight excluding hydrogens is 373 g/mol. The highest BCUT2D eigenvalue weighted by molar-refractivity contribution is 6.32. The van der Waals surface area contributed by atoms with Crippen LogP contribution in [0.1, 0.15) is 12.5 Å². The molecular formula is C17H12ClF3N2O3. The molecule has 0 saturated carbocycles. The minimum absolute atomic E-state index is 0.0115. The van der Waals surface area contributed by atoms with Gasteiger partial charge in [0, 0.05) is 12.1 Å². The van der Waals surface area contributed by atoms with Gasteiger partial charge in [0.2, 0.25) is 0 Å². The minimum atomic E-state index is -4.51. The van der Waals surface area contributed by atoms with Crippen molar-refractivity contribution in [2.75, 3.05) is 6.61 Å². The summed E-state index contributed by atoms with van der Waals surface area (Å²) in [7, 11) is 0. The average Bonchev–Trinajstić information content (AvgIpc) is 2.56. The molecule has 0 amide bonds. The minimum Gasteiger partial charge on any atom is -0.618 e. The Kier molecular flexibility index (Phi) is 5.95. The fourth-order valence-corrected chi connectivity index (χ4v) is 2.24. The van der Waals surface area contributed by atoms with Gasteiger partial charge in [0.15, 0.2) is 11.8 Å². The molecule has 2 aromatic rings. The topological polar surface area (TPSA) is 68.3 Å². The Morgan fingerprint density at radius 3 is 2.54 bits per heavy atom. The lowest BCUT2D eigenvalue weighted by Gasteiger charge is -2.13. The van der Waals surface area contributed by atoms with E-state index in [1.54, 1.807) is 13.0 Å². The van der Waals surface area contributed by atoms with Gasteiger partial charge in [-0.1, -0.05) is 11.6 Å². The van der Waals surface area contributed by atoms with E-state index in [0.29, 0.717) is 4.74 Å². The van der Waals surface area contributed by atoms with E-state index in [1.165, 1.54) is 18.2 Å². The second kappa shape index (κ2) is 7.97. The molecule has 0 N–H and O–H groups in total. The first kappa shape index (κ1) is 19.4. The van der Waals surface area contributed by atoms with Gasteiger partial charge in [-0.2, -0.15) is 23.2 Å². The zero-order valence-electron chi connectivity index (χ0n) is 13.4. The van der Waals surface area contributed by atoms with Crippen LogP contribution in [0.25, 0.3) is 0 Å². The van der Waals surface area contributed by atoms with Gasteiger partial charge in [0.05, 0.1) is 17.2 Å². The van der Waals surface area contributed by atoms with Gasteiger partial charge in [-0.25, -0.2) is 0 Å². The summed E-state index contributed by atoms with van der Waals surface area (Å²) in [5, 5.41) is 20.1. The highest BCUT2D eigenvalue weighted by atomic mass is 35.5. The Morgan fingerprint density at radius 2 is 1.96 bits per heavy atom. The third kappa shape index (κ3) is 4.58. The van der Waals surface area contributed by atoms with Gasteiger partial charge in [-0.3, -0.25) is 0 Å². The third-order valence-corrected chi connectivity index (χ3v) is 3.43. The summed E-state index contributed by atoms with van der Waals surface area (Å²) in [6, 6.07) is 8.46. The van der Waals surface area contributed by atoms with Crippen LogP contribution in [0.5, 0.6) is 17.2 Å². The normalized spacial score (nSPS) is 11.8. The summed E-state index contributed by atoms with van der Waals surface area (Å²) in [5.74, 6) is 0.358. The highest BCUT2D eigenvalue weighted by Gasteiger charge is 2.31. The van der Waals surface area contributed by atoms with Gasteiger partial charge >= 0.3 is 6.18 Å². The lowest BCUT2D eigenvalue weighted by molar-refractivity contribution is -0.354. The molecule has 26 heavy (non-hydrogen) atoms. The van der Waals surface area contributed by atoms with Crippen molar-refractivity contribution in [3.05, 3.63) is 52.2 Å². The molecule has 0 unspecified atom stereocenters. The van der Waals surface area contributed by atoms with Crippen LogP contribution in [0.4, 0.5) is 18.9 Å². The van der Waals surface area contributed by atoms with E-state index in [1.807, 2.05) is 0 Å². The lowest BCUT2D eigenvalue weighted by atomic mass is 10.2. The number of nitrogens with zero attached hydrogens (tertiary/aromatic N) is 2. The van der Waals surface area contributed by atoms with E-state index in [2.05, 4.69) is 0 Å². The van der Waals surface area contributed by atoms with E-state index in [0.717, 1.165) is 24.4 Å². The van der Waals surface area contributed by atoms with Crippen LogP contribution in [-0.4, -0.2) is 17.6 Å². The van der Waals surface area contributed by atoms with Crippen LogP contribution in [0.3, 0.4) is 0 Å². The maximum absolute atomic E-state index is 12.7. The zero-order valence-corrected chi connectivity index (χ0v) is 14.1. The first-order valence-corrected chi connectivity index (χ1v) is 7.64. The second-order valence-corrected chi connectivity index (χ2v) is 5.30. The number of nitriles is 1. The lowest BCUT2D eigenvalue weighted by Crippen LogP contribution is -2.04. The van der Waals surface area contributed by atoms with Crippen LogP contribution in [-0.2, 0) is 6.18 Å². The van der Waals surface area contributed by atoms with E-state index >= 15 is 0 Å². The summed E-state index contributed by atoms with van der Waals surface area (Å²) in [6.07, 6.45) is -3.76. The quantitative estimate of drug-likeness (QED) is 0.304. The van der Waals surface area contributed by atoms with Gasteiger partial charge in [0.1, 0.15) is 11.5 Å². The van der Waals surface area contributed by atoms with Crippen molar-refractivity contribution >= 4 is 23.5 Å². The Morgan fingerprint density at radius 1 is 1.23 bits per heavy atom. The number of halogens is 4. The van der Waals surface area contributed by atoms with Gasteiger partial charge < -0.3 is 14.7 Å². The number of hydrogen-bond donors (Lipinski definition) is 0. The van der Waals surface area contributed by atoms with E-state index in [9.17, 15) is 18.4 Å². The largest absolute Gasteiger partial charge is 0.618 e. The monoisotopic (exact) mass is 384 g/mol. The van der Waals surface area contributed by atoms with Crippen molar-refractivity contribution in [2.45, 2.75) is 13.1 Å². The van der Waals surface area contributed by atoms with E-state index < -0.39 is 11.7 Å². The van der Waals surface area contributed by atoms with Gasteiger partial charge in [-0.05, 0) is 31.2 Å². The first-order valence-electron chi connectivity index (χ1n) is 7.27. The molecule has 2 rings (SSSR count). The molecule has 0 atom stereocenters. The fraction of sp³-hybridized carbons (Fsp3) is 0.176. The van der Waals surface area contributed by atoms with Crippen molar-refractivity contribution in [3.63, 3.8) is 0 Å². The van der Waals surface area contributed by atoms with Crippen LogP contribution >= 0.6 is 11.6 Å². The molecule has 0 spiro atoms. The van der Waals surface area contributed by atoms with Crippen molar-refractivity contribution in [1.29, 1.82) is 5.26 Å². The Labute approximate surface area is 152 Å². The summed E-state index contributed by atoms with van der Waals surface area (Å²) in [5.41, 5.74) is -0.812. The molecule has 136 valence electrons. The molecule has 0 aromatic heterocycles. The summed E-state index contributed by atoms with van der Waals surface area (Å²) >= 11 is 5.85. The van der Waals surface area contributed by atoms with Crippen molar-refractivity contribution in [1.82, 2.24) is 0 Å². The molecule has 0 aliphatic heterocycles. The fourth-order valence-electron chi connectivity index (χ4n) is 2.02. The Bertz CT molecular complexity index is 877. The molecule has 2 aromatic carbocycles. The van der Waals surface area contributed by atoms with Gasteiger partial charge in [-0.15, -0.1) is 0 Å². The van der Waals surface area contributed by atoms with Crippen molar-refractivity contribution < 1.29 is 27.4 Å². The number of alkyl halides is 3. The molecule has 0 fully saturated rings. The maximum atomic E-state index is 12.7. The predicted octanol–water partition coefficient (Wildman–Crippen LogP) is 5.29. The Balaban J connectivity index is 2.34. The Hall–Kier alpha value is -2.92. The molecule has 0 aliphatic carbocycles. The number of ether oxygens (including phenoxy) is 2. The van der Waals surface area contributed by atoms with E-state index in [4.69, 9.17) is 26.3 Å². The summed E-state index contributed by atoms with van der Waals surface area (Å²) in [4.78, 5) is 0. The molecule has 0 saturated heterocycles. The standard InChI is InChI=1S/C17H12ClF3N2O3/c1-2-25-16-10-12(4-5-14(16)23(24)8-7-22)26-15-6-3-11(9-13(15)18)17(19,20)21/h3-6,8-10H,2H2,1H3/b23-8-. The van der Waals surface area contributed by atoms with Crippen molar-refractivity contribution in [3.8, 4) is 23.3 Å². The smallest absolute Gasteiger partial charge is 0.416 e. The van der Waals surface area contributed by atoms with Gasteiger partial charge in [0.25, 0.3) is 11.9 Å². The molecule has 9 heteroatoms. The highest BCUT2D eigenvalue weighted by Crippen LogP contribution is 2.38. The number of rotatable bonds is 5. The molecule has 0 bridgehead atoms. The first-order chi connectivity index (χ1) is 12.3. The van der Waals surface area contributed by atoms with Crippen LogP contribution < -0.4 is 9.47 Å².